The Bertz CT molecular complexity index is 246. The largest absolute Gasteiger partial charge is 0.318 e. The van der Waals surface area contributed by atoms with Crippen molar-refractivity contribution in [2.24, 2.45) is 0 Å². The first kappa shape index (κ1) is 22.0. The van der Waals surface area contributed by atoms with Gasteiger partial charge in [0.1, 0.15) is 0 Å². The molecule has 0 bridgehead atoms. The van der Waals surface area contributed by atoms with Gasteiger partial charge in [-0.15, -0.1) is 0 Å². The van der Waals surface area contributed by atoms with Crippen LogP contribution in [0.1, 0.15) is 27.7 Å². The Morgan fingerprint density at radius 3 is 0.944 bits per heavy atom. The highest BCUT2D eigenvalue weighted by molar-refractivity contribution is 8.22. The summed E-state index contributed by atoms with van der Waals surface area (Å²) < 4.78 is 19.8. The van der Waals surface area contributed by atoms with Crippen LogP contribution in [0.25, 0.3) is 0 Å². The van der Waals surface area contributed by atoms with Crippen LogP contribution in [-0.2, 0) is 41.7 Å². The van der Waals surface area contributed by atoms with Crippen molar-refractivity contribution in [1.29, 1.82) is 0 Å². The van der Waals surface area contributed by atoms with Gasteiger partial charge in [0.2, 0.25) is 0 Å². The van der Waals surface area contributed by atoms with Crippen molar-refractivity contribution in [2.75, 3.05) is 26.4 Å². The highest BCUT2D eigenvalue weighted by Gasteiger charge is 2.11. The zero-order valence-corrected chi connectivity index (χ0v) is 15.9. The van der Waals surface area contributed by atoms with Crippen LogP contribution in [0.15, 0.2) is 0 Å². The molecule has 0 spiro atoms. The zero-order valence-electron chi connectivity index (χ0n) is 10.9. The average Bonchev–Trinajstić information content (AvgIpc) is 2.17. The van der Waals surface area contributed by atoms with Crippen LogP contribution < -0.4 is 0 Å². The lowest BCUT2D eigenvalue weighted by atomic mass is 10.9. The molecule has 4 nitrogen and oxygen atoms in total. The van der Waals surface area contributed by atoms with Crippen molar-refractivity contribution in [3.8, 4) is 0 Å². The van der Waals surface area contributed by atoms with E-state index in [2.05, 4.69) is 0 Å². The van der Waals surface area contributed by atoms with E-state index in [1.165, 1.54) is 0 Å². The number of rotatable bonds is 8. The van der Waals surface area contributed by atoms with E-state index in [4.69, 9.17) is 64.2 Å². The molecule has 10 heteroatoms. The predicted octanol–water partition coefficient (Wildman–Crippen LogP) is 5.05. The molecule has 0 rings (SSSR count). The molecule has 0 aliphatic heterocycles. The monoisotopic (exact) mass is 376 g/mol. The first-order valence-electron chi connectivity index (χ1n) is 5.42. The summed E-state index contributed by atoms with van der Waals surface area (Å²) >= 11 is 20.8. The van der Waals surface area contributed by atoms with Crippen LogP contribution >= 0.6 is 34.2 Å². The third-order valence-electron chi connectivity index (χ3n) is 1.13. The molecule has 0 aliphatic carbocycles. The van der Waals surface area contributed by atoms with Crippen molar-refractivity contribution in [3.05, 3.63) is 0 Å². The lowest BCUT2D eigenvalue weighted by Crippen LogP contribution is -1.88. The van der Waals surface area contributed by atoms with Crippen molar-refractivity contribution >= 4 is 57.8 Å². The van der Waals surface area contributed by atoms with Crippen LogP contribution in [0.4, 0.5) is 0 Å². The standard InChI is InChI=1S/2C4H10ClO2PS/c2*1-3-6-8(5,9)7-4-2/h2*3-4H2,1-2H3. The maximum Gasteiger partial charge on any atom is 0.281 e. The van der Waals surface area contributed by atoms with E-state index in [9.17, 15) is 0 Å². The second kappa shape index (κ2) is 12.5. The Balaban J connectivity index is 0. The fourth-order valence-corrected chi connectivity index (χ4v) is 4.51. The number of hydrogen-bond acceptors (Lipinski definition) is 6. The third-order valence-corrected chi connectivity index (χ3v) is 5.84. The van der Waals surface area contributed by atoms with E-state index in [-0.39, 0.29) is 0 Å². The Hall–Kier alpha value is 1.72. The first-order valence-corrected chi connectivity index (χ1v) is 12.5. The minimum atomic E-state index is -2.39. The van der Waals surface area contributed by atoms with E-state index in [0.29, 0.717) is 26.4 Å². The zero-order chi connectivity index (χ0) is 14.7. The van der Waals surface area contributed by atoms with Gasteiger partial charge in [-0.3, -0.25) is 0 Å². The lowest BCUT2D eigenvalue weighted by molar-refractivity contribution is 0.279. The average molecular weight is 377 g/mol. The molecule has 0 unspecified atom stereocenters. The van der Waals surface area contributed by atoms with E-state index < -0.39 is 11.7 Å². The Morgan fingerprint density at radius 1 is 0.667 bits per heavy atom. The normalized spacial score (nSPS) is 11.9. The van der Waals surface area contributed by atoms with Crippen LogP contribution in [0.3, 0.4) is 0 Å². The summed E-state index contributed by atoms with van der Waals surface area (Å²) in [6.07, 6.45) is 0. The lowest BCUT2D eigenvalue weighted by Gasteiger charge is -2.11. The molecule has 0 aromatic carbocycles. The molecular formula is C8H20Cl2O4P2S2. The van der Waals surface area contributed by atoms with Crippen LogP contribution in [0, 0.1) is 0 Å². The smallest absolute Gasteiger partial charge is 0.281 e. The van der Waals surface area contributed by atoms with Gasteiger partial charge in [0.05, 0.1) is 26.4 Å². The Labute approximate surface area is 130 Å². The van der Waals surface area contributed by atoms with Gasteiger partial charge < -0.3 is 18.1 Å². The van der Waals surface area contributed by atoms with Gasteiger partial charge in [0.15, 0.2) is 0 Å². The Morgan fingerprint density at radius 2 is 0.833 bits per heavy atom. The summed E-state index contributed by atoms with van der Waals surface area (Å²) in [7, 11) is 0. The van der Waals surface area contributed by atoms with Crippen molar-refractivity contribution in [3.63, 3.8) is 0 Å². The quantitative estimate of drug-likeness (QED) is 0.552. The summed E-state index contributed by atoms with van der Waals surface area (Å²) in [5.74, 6) is -4.77. The molecule has 0 aliphatic rings. The second-order valence-corrected chi connectivity index (χ2v) is 12.0. The summed E-state index contributed by atoms with van der Waals surface area (Å²) in [6.45, 7) is 9.40. The molecule has 0 amide bonds. The minimum absolute atomic E-state index is 0.515. The van der Waals surface area contributed by atoms with Gasteiger partial charge in [0.25, 0.3) is 11.7 Å². The number of halogens is 2. The summed E-state index contributed by atoms with van der Waals surface area (Å²) in [5, 5.41) is 0. The Kier molecular flexibility index (Phi) is 15.2. The molecule has 0 N–H and O–H groups in total. The van der Waals surface area contributed by atoms with Crippen LogP contribution in [0.2, 0.25) is 0 Å². The molecule has 112 valence electrons. The van der Waals surface area contributed by atoms with Gasteiger partial charge in [-0.1, -0.05) is 0 Å². The predicted molar refractivity (Wildman–Crippen MR) is 86.8 cm³/mol. The molecule has 0 radical (unpaired) electrons. The van der Waals surface area contributed by atoms with E-state index in [1.54, 1.807) is 0 Å². The third kappa shape index (κ3) is 15.8. The highest BCUT2D eigenvalue weighted by atomic mass is 35.7. The number of hydrogen-bond donors (Lipinski definition) is 0. The van der Waals surface area contributed by atoms with Gasteiger partial charge in [0, 0.05) is 0 Å². The highest BCUT2D eigenvalue weighted by Crippen LogP contribution is 2.54. The molecule has 0 saturated carbocycles. The van der Waals surface area contributed by atoms with E-state index >= 15 is 0 Å². The molecule has 0 atom stereocenters. The molecule has 18 heavy (non-hydrogen) atoms. The second-order valence-electron chi connectivity index (χ2n) is 2.53. The SMILES string of the molecule is CCOP(=S)(Cl)OCC.CCOP(=S)(Cl)OCC. The maximum atomic E-state index is 5.62. The topological polar surface area (TPSA) is 36.9 Å². The molecule has 0 heterocycles. The van der Waals surface area contributed by atoms with Crippen molar-refractivity contribution in [2.45, 2.75) is 27.7 Å². The summed E-state index contributed by atoms with van der Waals surface area (Å²) in [4.78, 5) is 0. The van der Waals surface area contributed by atoms with E-state index in [0.717, 1.165) is 0 Å². The molecular weight excluding hydrogens is 357 g/mol. The van der Waals surface area contributed by atoms with Gasteiger partial charge in [-0.25, -0.2) is 0 Å². The van der Waals surface area contributed by atoms with Gasteiger partial charge in [-0.05, 0) is 73.8 Å². The summed E-state index contributed by atoms with van der Waals surface area (Å²) in [6, 6.07) is 0. The van der Waals surface area contributed by atoms with Gasteiger partial charge in [-0.2, -0.15) is 0 Å². The molecule has 0 fully saturated rings. The minimum Gasteiger partial charge on any atom is -0.318 e. The van der Waals surface area contributed by atoms with Gasteiger partial charge >= 0.3 is 0 Å². The van der Waals surface area contributed by atoms with E-state index in [1.807, 2.05) is 27.7 Å². The first-order chi connectivity index (χ1) is 8.24. The van der Waals surface area contributed by atoms with Crippen molar-refractivity contribution in [1.82, 2.24) is 0 Å². The summed E-state index contributed by atoms with van der Waals surface area (Å²) in [5.41, 5.74) is 0. The van der Waals surface area contributed by atoms with Crippen LogP contribution in [-0.4, -0.2) is 26.4 Å². The molecule has 0 aromatic rings. The fourth-order valence-electron chi connectivity index (χ4n) is 0.691. The van der Waals surface area contributed by atoms with Crippen molar-refractivity contribution < 1.29 is 18.1 Å². The fraction of sp³-hybridized carbons (Fsp3) is 1.00. The maximum absolute atomic E-state index is 5.62. The van der Waals surface area contributed by atoms with Crippen LogP contribution in [0.5, 0.6) is 0 Å². The molecule has 0 aromatic heterocycles. The molecule has 0 saturated heterocycles.